The van der Waals surface area contributed by atoms with Crippen LogP contribution >= 0.6 is 0 Å². The summed E-state index contributed by atoms with van der Waals surface area (Å²) in [4.78, 5) is 11.8. The second-order valence-electron chi connectivity index (χ2n) is 6.32. The Morgan fingerprint density at radius 1 is 1.00 bits per heavy atom. The molecule has 0 radical (unpaired) electrons. The smallest absolute Gasteiger partial charge is 0.335 e. The summed E-state index contributed by atoms with van der Waals surface area (Å²) < 4.78 is 5.48. The largest absolute Gasteiger partial charge is 0.478 e. The van der Waals surface area contributed by atoms with Crippen LogP contribution in [0.3, 0.4) is 0 Å². The molecule has 0 saturated carbocycles. The predicted octanol–water partition coefficient (Wildman–Crippen LogP) is 5.17. The van der Waals surface area contributed by atoms with Crippen LogP contribution in [-0.2, 0) is 11.2 Å². The van der Waals surface area contributed by atoms with Crippen molar-refractivity contribution in [2.24, 2.45) is 0 Å². The Kier molecular flexibility index (Phi) is 6.21. The van der Waals surface area contributed by atoms with E-state index in [0.717, 1.165) is 27.8 Å². The first-order valence-corrected chi connectivity index (χ1v) is 9.18. The molecular weight excluding hydrogens is 350 g/mol. The maximum absolute atomic E-state index is 11.8. The van der Waals surface area contributed by atoms with Gasteiger partial charge in [-0.2, -0.15) is 5.26 Å². The summed E-state index contributed by atoms with van der Waals surface area (Å²) in [5.41, 5.74) is 5.15. The quantitative estimate of drug-likeness (QED) is 0.582. The maximum Gasteiger partial charge on any atom is 0.335 e. The minimum Gasteiger partial charge on any atom is -0.478 e. The number of rotatable bonds is 7. The second-order valence-corrected chi connectivity index (χ2v) is 6.32. The minimum absolute atomic E-state index is 0.263. The van der Waals surface area contributed by atoms with Gasteiger partial charge in [0.1, 0.15) is 0 Å². The number of carboxylic acid groups (broad SMARTS) is 1. The van der Waals surface area contributed by atoms with Crippen LogP contribution in [0.4, 0.5) is 0 Å². The standard InChI is InChI=1S/C24H21NO3/c1-2-28-14-13-21-20(9-6-10-22(21)24(26)27)23-15-17(16-25)11-12-19(23)18-7-4-3-5-8-18/h3-12,15H,2,13-14H2,1H3,(H,26,27). The summed E-state index contributed by atoms with van der Waals surface area (Å²) >= 11 is 0. The molecule has 0 aromatic heterocycles. The molecule has 0 atom stereocenters. The van der Waals surface area contributed by atoms with E-state index in [-0.39, 0.29) is 5.56 Å². The van der Waals surface area contributed by atoms with E-state index in [9.17, 15) is 15.2 Å². The first kappa shape index (κ1) is 19.3. The van der Waals surface area contributed by atoms with Gasteiger partial charge in [0.15, 0.2) is 0 Å². The third-order valence-electron chi connectivity index (χ3n) is 4.63. The predicted molar refractivity (Wildman–Crippen MR) is 109 cm³/mol. The Labute approximate surface area is 164 Å². The van der Waals surface area contributed by atoms with Crippen molar-refractivity contribution in [1.29, 1.82) is 5.26 Å². The molecule has 0 spiro atoms. The molecule has 0 aliphatic heterocycles. The van der Waals surface area contributed by atoms with Crippen LogP contribution in [-0.4, -0.2) is 24.3 Å². The lowest BCUT2D eigenvalue weighted by Crippen LogP contribution is -2.08. The van der Waals surface area contributed by atoms with E-state index in [4.69, 9.17) is 4.74 Å². The zero-order chi connectivity index (χ0) is 19.9. The van der Waals surface area contributed by atoms with Crippen molar-refractivity contribution in [3.63, 3.8) is 0 Å². The van der Waals surface area contributed by atoms with Crippen LogP contribution in [0.15, 0.2) is 66.7 Å². The van der Waals surface area contributed by atoms with Gasteiger partial charge in [-0.3, -0.25) is 0 Å². The molecule has 0 fully saturated rings. The number of aromatic carboxylic acids is 1. The molecule has 0 unspecified atom stereocenters. The van der Waals surface area contributed by atoms with Crippen LogP contribution < -0.4 is 0 Å². The van der Waals surface area contributed by atoms with Crippen molar-refractivity contribution in [3.05, 3.63) is 83.4 Å². The number of hydrogen-bond donors (Lipinski definition) is 1. The fourth-order valence-electron chi connectivity index (χ4n) is 3.33. The highest BCUT2D eigenvalue weighted by molar-refractivity contribution is 5.94. The number of nitrogens with zero attached hydrogens (tertiary/aromatic N) is 1. The molecule has 3 aromatic rings. The van der Waals surface area contributed by atoms with Gasteiger partial charge < -0.3 is 9.84 Å². The van der Waals surface area contributed by atoms with Gasteiger partial charge in [-0.15, -0.1) is 0 Å². The van der Waals surface area contributed by atoms with Gasteiger partial charge in [0.05, 0.1) is 23.8 Å². The summed E-state index contributed by atoms with van der Waals surface area (Å²) in [5.74, 6) is -0.967. The number of nitriles is 1. The number of carbonyl (C=O) groups is 1. The molecule has 0 saturated heterocycles. The van der Waals surface area contributed by atoms with Crippen LogP contribution in [0.1, 0.15) is 28.4 Å². The summed E-state index contributed by atoms with van der Waals surface area (Å²) in [7, 11) is 0. The first-order chi connectivity index (χ1) is 13.7. The Morgan fingerprint density at radius 3 is 2.46 bits per heavy atom. The van der Waals surface area contributed by atoms with E-state index in [2.05, 4.69) is 6.07 Å². The van der Waals surface area contributed by atoms with Gasteiger partial charge in [-0.05, 0) is 59.4 Å². The average Bonchev–Trinajstić information content (AvgIpc) is 2.74. The van der Waals surface area contributed by atoms with Crippen molar-refractivity contribution >= 4 is 5.97 Å². The van der Waals surface area contributed by atoms with E-state index in [1.54, 1.807) is 18.2 Å². The van der Waals surface area contributed by atoms with Gasteiger partial charge in [-0.1, -0.05) is 48.5 Å². The van der Waals surface area contributed by atoms with E-state index in [1.807, 2.05) is 55.5 Å². The van der Waals surface area contributed by atoms with Crippen LogP contribution in [0.2, 0.25) is 0 Å². The third-order valence-corrected chi connectivity index (χ3v) is 4.63. The minimum atomic E-state index is -0.967. The van der Waals surface area contributed by atoms with Gasteiger partial charge in [0.25, 0.3) is 0 Å². The second kappa shape index (κ2) is 8.98. The number of benzene rings is 3. The zero-order valence-corrected chi connectivity index (χ0v) is 15.7. The van der Waals surface area contributed by atoms with Crippen molar-refractivity contribution in [2.45, 2.75) is 13.3 Å². The third kappa shape index (κ3) is 4.11. The lowest BCUT2D eigenvalue weighted by atomic mass is 9.87. The fraction of sp³-hybridized carbons (Fsp3) is 0.167. The summed E-state index contributed by atoms with van der Waals surface area (Å²) in [6, 6.07) is 22.9. The fourth-order valence-corrected chi connectivity index (χ4v) is 3.33. The van der Waals surface area contributed by atoms with Gasteiger partial charge >= 0.3 is 5.97 Å². The van der Waals surface area contributed by atoms with E-state index in [1.165, 1.54) is 0 Å². The topological polar surface area (TPSA) is 70.3 Å². The normalized spacial score (nSPS) is 10.4. The Hall–Kier alpha value is -3.42. The lowest BCUT2D eigenvalue weighted by molar-refractivity contribution is 0.0695. The highest BCUT2D eigenvalue weighted by Crippen LogP contribution is 2.36. The molecular formula is C24H21NO3. The van der Waals surface area contributed by atoms with Crippen molar-refractivity contribution < 1.29 is 14.6 Å². The molecule has 0 aliphatic rings. The molecule has 3 rings (SSSR count). The molecule has 1 N–H and O–H groups in total. The van der Waals surface area contributed by atoms with Crippen LogP contribution in [0.5, 0.6) is 0 Å². The maximum atomic E-state index is 11.8. The summed E-state index contributed by atoms with van der Waals surface area (Å²) in [6.07, 6.45) is 0.483. The molecule has 3 aromatic carbocycles. The lowest BCUT2D eigenvalue weighted by Gasteiger charge is -2.17. The van der Waals surface area contributed by atoms with Crippen LogP contribution in [0.25, 0.3) is 22.3 Å². The molecule has 4 nitrogen and oxygen atoms in total. The number of carboxylic acids is 1. The number of ether oxygens (including phenoxy) is 1. The summed E-state index contributed by atoms with van der Waals surface area (Å²) in [6.45, 7) is 2.92. The molecule has 0 amide bonds. The van der Waals surface area contributed by atoms with E-state index < -0.39 is 5.97 Å². The molecule has 0 heterocycles. The molecule has 0 bridgehead atoms. The highest BCUT2D eigenvalue weighted by Gasteiger charge is 2.18. The average molecular weight is 371 g/mol. The van der Waals surface area contributed by atoms with Crippen molar-refractivity contribution in [1.82, 2.24) is 0 Å². The first-order valence-electron chi connectivity index (χ1n) is 9.18. The van der Waals surface area contributed by atoms with Crippen molar-refractivity contribution in [2.75, 3.05) is 13.2 Å². The summed E-state index contributed by atoms with van der Waals surface area (Å²) in [5, 5.41) is 19.1. The van der Waals surface area contributed by atoms with Gasteiger partial charge in [0, 0.05) is 6.61 Å². The van der Waals surface area contributed by atoms with Gasteiger partial charge in [-0.25, -0.2) is 4.79 Å². The monoisotopic (exact) mass is 371 g/mol. The SMILES string of the molecule is CCOCCc1c(C(=O)O)cccc1-c1cc(C#N)ccc1-c1ccccc1. The van der Waals surface area contributed by atoms with Gasteiger partial charge in [0.2, 0.25) is 0 Å². The van der Waals surface area contributed by atoms with Crippen molar-refractivity contribution in [3.8, 4) is 28.3 Å². The number of hydrogen-bond acceptors (Lipinski definition) is 3. The van der Waals surface area contributed by atoms with Crippen LogP contribution in [0, 0.1) is 11.3 Å². The Balaban J connectivity index is 2.24. The van der Waals surface area contributed by atoms with E-state index in [0.29, 0.717) is 25.2 Å². The zero-order valence-electron chi connectivity index (χ0n) is 15.7. The Bertz CT molecular complexity index is 1020. The Morgan fingerprint density at radius 2 is 1.79 bits per heavy atom. The highest BCUT2D eigenvalue weighted by atomic mass is 16.5. The molecule has 140 valence electrons. The molecule has 28 heavy (non-hydrogen) atoms. The van der Waals surface area contributed by atoms with E-state index >= 15 is 0 Å². The molecule has 4 heteroatoms. The molecule has 0 aliphatic carbocycles.